The van der Waals surface area contributed by atoms with E-state index in [0.29, 0.717) is 31.5 Å². The second-order valence-corrected chi connectivity index (χ2v) is 8.71. The summed E-state index contributed by atoms with van der Waals surface area (Å²) >= 11 is 0. The molecule has 3 amide bonds. The summed E-state index contributed by atoms with van der Waals surface area (Å²) in [5.74, 6) is -1.44. The fourth-order valence-electron chi connectivity index (χ4n) is 4.09. The fraction of sp³-hybridized carbons (Fsp3) is 0.400. The zero-order valence-electron chi connectivity index (χ0n) is 18.1. The van der Waals surface area contributed by atoms with Crippen LogP contribution in [0.1, 0.15) is 52.0 Å². The molecule has 1 saturated carbocycles. The Hall–Kier alpha value is -3.22. The topological polar surface area (TPSA) is 78.5 Å². The van der Waals surface area contributed by atoms with Crippen LogP contribution < -0.4 is 10.6 Å². The number of carbonyl (C=O) groups excluding carboxylic acids is 3. The van der Waals surface area contributed by atoms with Crippen molar-refractivity contribution in [3.63, 3.8) is 0 Å². The van der Waals surface area contributed by atoms with E-state index in [4.69, 9.17) is 0 Å². The Kier molecular flexibility index (Phi) is 6.53. The third kappa shape index (κ3) is 5.15. The number of rotatable bonds is 6. The monoisotopic (exact) mass is 437 g/mol. The van der Waals surface area contributed by atoms with Crippen molar-refractivity contribution in [2.75, 3.05) is 13.1 Å². The first kappa shape index (κ1) is 22.0. The fourth-order valence-corrected chi connectivity index (χ4v) is 4.09. The van der Waals surface area contributed by atoms with E-state index in [-0.39, 0.29) is 35.2 Å². The lowest BCUT2D eigenvalue weighted by atomic mass is 9.88. The van der Waals surface area contributed by atoms with Crippen molar-refractivity contribution in [1.29, 1.82) is 0 Å². The zero-order valence-corrected chi connectivity index (χ0v) is 18.1. The summed E-state index contributed by atoms with van der Waals surface area (Å²) in [6, 6.07) is 12.7. The van der Waals surface area contributed by atoms with Gasteiger partial charge in [0, 0.05) is 24.7 Å². The van der Waals surface area contributed by atoms with E-state index < -0.39 is 11.9 Å². The molecule has 32 heavy (non-hydrogen) atoms. The predicted octanol–water partition coefficient (Wildman–Crippen LogP) is 3.06. The first-order valence-electron chi connectivity index (χ1n) is 11.1. The maximum Gasteiger partial charge on any atom is 0.256 e. The lowest BCUT2D eigenvalue weighted by Crippen LogP contribution is -2.54. The van der Waals surface area contributed by atoms with Gasteiger partial charge in [0.15, 0.2) is 0 Å². The van der Waals surface area contributed by atoms with Gasteiger partial charge in [-0.05, 0) is 62.8 Å². The highest BCUT2D eigenvalue weighted by atomic mass is 19.1. The zero-order chi connectivity index (χ0) is 22.7. The lowest BCUT2D eigenvalue weighted by Gasteiger charge is -2.36. The molecule has 1 saturated heterocycles. The molecule has 1 unspecified atom stereocenters. The van der Waals surface area contributed by atoms with Crippen LogP contribution in [0.5, 0.6) is 0 Å². The minimum absolute atomic E-state index is 0.0571. The van der Waals surface area contributed by atoms with Crippen LogP contribution in [0.15, 0.2) is 48.5 Å². The lowest BCUT2D eigenvalue weighted by molar-refractivity contribution is -0.124. The number of nitrogens with one attached hydrogen (secondary N) is 2. The van der Waals surface area contributed by atoms with Crippen LogP contribution in [-0.2, 0) is 4.79 Å². The predicted molar refractivity (Wildman–Crippen MR) is 119 cm³/mol. The number of hydrogen-bond donors (Lipinski definition) is 2. The molecule has 2 aromatic rings. The molecule has 168 valence electrons. The van der Waals surface area contributed by atoms with Crippen molar-refractivity contribution in [2.45, 2.75) is 44.7 Å². The molecule has 4 rings (SSSR count). The largest absolute Gasteiger partial charge is 0.352 e. The van der Waals surface area contributed by atoms with E-state index in [1.165, 1.54) is 12.1 Å². The maximum absolute atomic E-state index is 14.0. The molecule has 1 heterocycles. The average molecular weight is 438 g/mol. The van der Waals surface area contributed by atoms with E-state index in [1.807, 2.05) is 19.1 Å². The Labute approximate surface area is 187 Å². The van der Waals surface area contributed by atoms with Gasteiger partial charge < -0.3 is 15.5 Å². The molecular weight excluding hydrogens is 409 g/mol. The Morgan fingerprint density at radius 2 is 1.62 bits per heavy atom. The van der Waals surface area contributed by atoms with Crippen LogP contribution in [0.25, 0.3) is 0 Å². The van der Waals surface area contributed by atoms with Crippen LogP contribution in [-0.4, -0.2) is 47.8 Å². The molecule has 1 aliphatic carbocycles. The van der Waals surface area contributed by atoms with E-state index >= 15 is 0 Å². The quantitative estimate of drug-likeness (QED) is 0.729. The van der Waals surface area contributed by atoms with Gasteiger partial charge in [0.2, 0.25) is 5.91 Å². The molecule has 6 nitrogen and oxygen atoms in total. The summed E-state index contributed by atoms with van der Waals surface area (Å²) in [7, 11) is 0. The van der Waals surface area contributed by atoms with Crippen LogP contribution in [0.4, 0.5) is 4.39 Å². The summed E-state index contributed by atoms with van der Waals surface area (Å²) in [6.45, 7) is 2.76. The Morgan fingerprint density at radius 3 is 2.25 bits per heavy atom. The molecule has 1 aliphatic heterocycles. The van der Waals surface area contributed by atoms with Gasteiger partial charge in [-0.2, -0.15) is 0 Å². The van der Waals surface area contributed by atoms with Gasteiger partial charge >= 0.3 is 0 Å². The third-order valence-electron chi connectivity index (χ3n) is 6.21. The standard InChI is InChI=1S/C25H28FN3O3/c1-16-6-8-18(9-7-16)23(30)28-22(24(31)27-19-10-11-19)17-12-14-29(15-13-17)25(32)20-4-2-3-5-21(20)26/h2-9,17,19,22H,10-15H2,1H3,(H,27,31)(H,28,30). The van der Waals surface area contributed by atoms with Crippen molar-refractivity contribution in [1.82, 2.24) is 15.5 Å². The van der Waals surface area contributed by atoms with Gasteiger partial charge in [-0.25, -0.2) is 4.39 Å². The molecule has 0 radical (unpaired) electrons. The van der Waals surface area contributed by atoms with Crippen LogP contribution in [0.3, 0.4) is 0 Å². The SMILES string of the molecule is Cc1ccc(C(=O)NC(C(=O)NC2CC2)C2CCN(C(=O)c3ccccc3F)CC2)cc1. The van der Waals surface area contributed by atoms with Crippen molar-refractivity contribution >= 4 is 17.7 Å². The smallest absolute Gasteiger partial charge is 0.256 e. The third-order valence-corrected chi connectivity index (χ3v) is 6.21. The van der Waals surface area contributed by atoms with Gasteiger partial charge in [-0.3, -0.25) is 14.4 Å². The highest BCUT2D eigenvalue weighted by Gasteiger charge is 2.36. The molecule has 0 spiro atoms. The van der Waals surface area contributed by atoms with E-state index in [1.54, 1.807) is 29.2 Å². The van der Waals surface area contributed by atoms with E-state index in [9.17, 15) is 18.8 Å². The van der Waals surface area contributed by atoms with Gasteiger partial charge in [0.1, 0.15) is 11.9 Å². The summed E-state index contributed by atoms with van der Waals surface area (Å²) in [4.78, 5) is 40.1. The van der Waals surface area contributed by atoms with Gasteiger partial charge in [0.05, 0.1) is 5.56 Å². The molecule has 0 bridgehead atoms. The number of halogens is 1. The normalized spacial score (nSPS) is 17.5. The van der Waals surface area contributed by atoms with Crippen LogP contribution in [0.2, 0.25) is 0 Å². The minimum Gasteiger partial charge on any atom is -0.352 e. The van der Waals surface area contributed by atoms with Crippen molar-refractivity contribution in [2.24, 2.45) is 5.92 Å². The molecule has 2 aromatic carbocycles. The first-order valence-corrected chi connectivity index (χ1v) is 11.1. The van der Waals surface area contributed by atoms with Gasteiger partial charge in [-0.1, -0.05) is 29.8 Å². The summed E-state index contributed by atoms with van der Waals surface area (Å²) < 4.78 is 14.0. The van der Waals surface area contributed by atoms with Gasteiger partial charge in [-0.15, -0.1) is 0 Å². The second kappa shape index (κ2) is 9.51. The van der Waals surface area contributed by atoms with E-state index in [0.717, 1.165) is 18.4 Å². The van der Waals surface area contributed by atoms with Crippen molar-refractivity contribution < 1.29 is 18.8 Å². The molecule has 1 atom stereocenters. The Morgan fingerprint density at radius 1 is 0.969 bits per heavy atom. The highest BCUT2D eigenvalue weighted by molar-refractivity contribution is 5.98. The van der Waals surface area contributed by atoms with Gasteiger partial charge in [0.25, 0.3) is 11.8 Å². The Bertz CT molecular complexity index is 996. The second-order valence-electron chi connectivity index (χ2n) is 8.71. The molecule has 0 aromatic heterocycles. The highest BCUT2D eigenvalue weighted by Crippen LogP contribution is 2.25. The number of carbonyl (C=O) groups is 3. The molecule has 2 fully saturated rings. The first-order chi connectivity index (χ1) is 15.4. The van der Waals surface area contributed by atoms with Crippen molar-refractivity contribution in [3.05, 3.63) is 71.0 Å². The summed E-state index contributed by atoms with van der Waals surface area (Å²) in [5.41, 5.74) is 1.62. The molecular formula is C25H28FN3O3. The van der Waals surface area contributed by atoms with Crippen LogP contribution in [0, 0.1) is 18.7 Å². The van der Waals surface area contributed by atoms with E-state index in [2.05, 4.69) is 10.6 Å². The average Bonchev–Trinajstić information content (AvgIpc) is 3.62. The number of hydrogen-bond acceptors (Lipinski definition) is 3. The molecule has 2 N–H and O–H groups in total. The maximum atomic E-state index is 14.0. The summed E-state index contributed by atoms with van der Waals surface area (Å²) in [5, 5.41) is 5.93. The Balaban J connectivity index is 1.43. The molecule has 7 heteroatoms. The van der Waals surface area contributed by atoms with Crippen LogP contribution >= 0.6 is 0 Å². The number of likely N-dealkylation sites (tertiary alicyclic amines) is 1. The number of amides is 3. The molecule has 2 aliphatic rings. The minimum atomic E-state index is -0.671. The number of benzene rings is 2. The summed E-state index contributed by atoms with van der Waals surface area (Å²) in [6.07, 6.45) is 3.02. The number of aryl methyl sites for hydroxylation is 1. The number of nitrogens with zero attached hydrogens (tertiary/aromatic N) is 1. The number of piperidine rings is 1. The van der Waals surface area contributed by atoms with Crippen molar-refractivity contribution in [3.8, 4) is 0 Å².